The second-order valence-electron chi connectivity index (χ2n) is 6.44. The lowest BCUT2D eigenvalue weighted by Crippen LogP contribution is -2.34. The second-order valence-corrected chi connectivity index (χ2v) is 6.88. The third-order valence-corrected chi connectivity index (χ3v) is 4.62. The third-order valence-electron chi connectivity index (χ3n) is 4.39. The van der Waals surface area contributed by atoms with Gasteiger partial charge in [-0.15, -0.1) is 0 Å². The van der Waals surface area contributed by atoms with Crippen LogP contribution in [0.1, 0.15) is 46.4 Å². The number of rotatable bonds is 5. The number of amides is 1. The summed E-state index contributed by atoms with van der Waals surface area (Å²) in [4.78, 5) is 13.8. The first kappa shape index (κ1) is 20.5. The first-order valence-electron chi connectivity index (χ1n) is 8.17. The van der Waals surface area contributed by atoms with Gasteiger partial charge in [0.05, 0.1) is 5.56 Å². The number of aromatic nitrogens is 2. The number of aryl methyl sites for hydroxylation is 1. The molecule has 1 saturated carbocycles. The normalized spacial score (nSPS) is 14.6. The minimum absolute atomic E-state index is 0.0204. The molecule has 1 aliphatic carbocycles. The van der Waals surface area contributed by atoms with Gasteiger partial charge in [0, 0.05) is 24.7 Å². The van der Waals surface area contributed by atoms with Crippen LogP contribution in [-0.4, -0.2) is 26.6 Å². The summed E-state index contributed by atoms with van der Waals surface area (Å²) in [7, 11) is 1.05. The van der Waals surface area contributed by atoms with Crippen molar-refractivity contribution < 1.29 is 31.1 Å². The summed E-state index contributed by atoms with van der Waals surface area (Å²) in [6, 6.07) is 2.42. The Balaban J connectivity index is 2.02. The molecule has 3 rings (SSSR count). The maximum absolute atomic E-state index is 14.3. The van der Waals surface area contributed by atoms with Crippen molar-refractivity contribution in [2.45, 2.75) is 38.0 Å². The van der Waals surface area contributed by atoms with Crippen molar-refractivity contribution >= 4 is 17.5 Å². The van der Waals surface area contributed by atoms with E-state index in [9.17, 15) is 31.1 Å². The van der Waals surface area contributed by atoms with E-state index in [-0.39, 0.29) is 10.6 Å². The highest BCUT2D eigenvalue weighted by atomic mass is 35.5. The van der Waals surface area contributed by atoms with E-state index in [2.05, 4.69) is 5.10 Å². The Morgan fingerprint density at radius 1 is 1.36 bits per heavy atom. The fourth-order valence-corrected chi connectivity index (χ4v) is 3.12. The molecule has 152 valence electrons. The van der Waals surface area contributed by atoms with Gasteiger partial charge >= 0.3 is 6.18 Å². The molecule has 0 N–H and O–H groups in total. The van der Waals surface area contributed by atoms with Crippen molar-refractivity contribution in [2.24, 2.45) is 7.05 Å². The molecule has 4 nitrogen and oxygen atoms in total. The maximum Gasteiger partial charge on any atom is 0.416 e. The molecule has 1 amide bonds. The van der Waals surface area contributed by atoms with E-state index < -0.39 is 53.9 Å². The molecular formula is C17H14ClF6N3O. The van der Waals surface area contributed by atoms with Crippen LogP contribution in [0.2, 0.25) is 5.02 Å². The molecule has 0 spiro atoms. The average Bonchev–Trinajstić information content (AvgIpc) is 3.37. The van der Waals surface area contributed by atoms with E-state index in [0.29, 0.717) is 17.5 Å². The molecule has 0 atom stereocenters. The zero-order chi connectivity index (χ0) is 20.8. The van der Waals surface area contributed by atoms with Gasteiger partial charge in [-0.05, 0) is 36.6 Å². The molecule has 28 heavy (non-hydrogen) atoms. The van der Waals surface area contributed by atoms with Crippen LogP contribution in [-0.2, 0) is 19.8 Å². The van der Waals surface area contributed by atoms with Crippen molar-refractivity contribution in [1.82, 2.24) is 14.7 Å². The Kier molecular flexibility index (Phi) is 5.35. The van der Waals surface area contributed by atoms with Crippen LogP contribution >= 0.6 is 11.6 Å². The van der Waals surface area contributed by atoms with Gasteiger partial charge in [0.25, 0.3) is 12.3 Å². The second kappa shape index (κ2) is 7.31. The Hall–Kier alpha value is -2.23. The average molecular weight is 426 g/mol. The highest BCUT2D eigenvalue weighted by Crippen LogP contribution is 2.37. The predicted molar refractivity (Wildman–Crippen MR) is 87.5 cm³/mol. The first-order chi connectivity index (χ1) is 13.0. The quantitative estimate of drug-likeness (QED) is 0.634. The fraction of sp³-hybridized carbons (Fsp3) is 0.412. The first-order valence-corrected chi connectivity index (χ1v) is 8.55. The van der Waals surface area contributed by atoms with Gasteiger partial charge < -0.3 is 4.90 Å². The lowest BCUT2D eigenvalue weighted by Gasteiger charge is -2.24. The van der Waals surface area contributed by atoms with Gasteiger partial charge in [-0.1, -0.05) is 11.6 Å². The minimum Gasteiger partial charge on any atom is -0.331 e. The van der Waals surface area contributed by atoms with Crippen molar-refractivity contribution in [3.8, 4) is 0 Å². The number of carbonyl (C=O) groups excluding carboxylic acids is 1. The Morgan fingerprint density at radius 2 is 2.00 bits per heavy atom. The van der Waals surface area contributed by atoms with E-state index in [1.165, 1.54) is 0 Å². The Bertz CT molecular complexity index is 907. The van der Waals surface area contributed by atoms with E-state index in [4.69, 9.17) is 11.6 Å². The van der Waals surface area contributed by atoms with Gasteiger partial charge in [0.1, 0.15) is 11.3 Å². The smallest absolute Gasteiger partial charge is 0.331 e. The van der Waals surface area contributed by atoms with E-state index in [1.807, 2.05) is 0 Å². The highest BCUT2D eigenvalue weighted by Gasteiger charge is 2.40. The Labute approximate surface area is 160 Å². The van der Waals surface area contributed by atoms with Gasteiger partial charge in [0.2, 0.25) is 5.95 Å². The molecule has 1 fully saturated rings. The largest absolute Gasteiger partial charge is 0.416 e. The number of benzene rings is 1. The summed E-state index contributed by atoms with van der Waals surface area (Å²) < 4.78 is 81.0. The number of carbonyl (C=O) groups is 1. The Morgan fingerprint density at radius 3 is 2.54 bits per heavy atom. The topological polar surface area (TPSA) is 38.1 Å². The van der Waals surface area contributed by atoms with Crippen LogP contribution in [0.4, 0.5) is 26.3 Å². The van der Waals surface area contributed by atoms with E-state index >= 15 is 0 Å². The maximum atomic E-state index is 14.3. The zero-order valence-corrected chi connectivity index (χ0v) is 15.2. The summed E-state index contributed by atoms with van der Waals surface area (Å²) >= 11 is 5.79. The summed E-state index contributed by atoms with van der Waals surface area (Å²) in [5.74, 6) is -2.40. The third kappa shape index (κ3) is 3.96. The summed E-state index contributed by atoms with van der Waals surface area (Å²) in [6.45, 7) is -0.546. The number of nitrogens with zero attached hydrogens (tertiary/aromatic N) is 3. The number of hydrogen-bond donors (Lipinski definition) is 0. The SMILES string of the molecule is Cn1nc(C(F)F)c(C(=O)N(Cc2cc(Cl)ccc2C(F)(F)F)C2CC2)c1F. The molecule has 0 aliphatic heterocycles. The van der Waals surface area contributed by atoms with E-state index in [1.54, 1.807) is 0 Å². The molecule has 0 saturated heterocycles. The molecule has 0 bridgehead atoms. The van der Waals surface area contributed by atoms with Crippen molar-refractivity contribution in [3.63, 3.8) is 0 Å². The molecule has 1 aliphatic rings. The van der Waals surface area contributed by atoms with Crippen molar-refractivity contribution in [2.75, 3.05) is 0 Å². The molecule has 0 unspecified atom stereocenters. The molecule has 1 heterocycles. The van der Waals surface area contributed by atoms with E-state index in [0.717, 1.165) is 30.1 Å². The lowest BCUT2D eigenvalue weighted by molar-refractivity contribution is -0.138. The van der Waals surface area contributed by atoms with Gasteiger partial charge in [-0.3, -0.25) is 4.79 Å². The van der Waals surface area contributed by atoms with Crippen LogP contribution in [0.5, 0.6) is 0 Å². The molecule has 1 aromatic carbocycles. The molecule has 1 aromatic heterocycles. The fourth-order valence-electron chi connectivity index (χ4n) is 2.92. The standard InChI is InChI=1S/C17H14ClF6N3O/c1-26-15(21)12(13(25-26)14(19)20)16(28)27(10-3-4-10)7-8-6-9(18)2-5-11(8)17(22,23)24/h2,5-6,10,14H,3-4,7H2,1H3. The van der Waals surface area contributed by atoms with Crippen molar-refractivity contribution in [3.05, 3.63) is 51.6 Å². The number of alkyl halides is 5. The van der Waals surface area contributed by atoms with Crippen LogP contribution in [0.3, 0.4) is 0 Å². The number of hydrogen-bond acceptors (Lipinski definition) is 2. The van der Waals surface area contributed by atoms with Crippen molar-refractivity contribution in [1.29, 1.82) is 0 Å². The number of halogens is 7. The molecular weight excluding hydrogens is 412 g/mol. The molecule has 11 heteroatoms. The van der Waals surface area contributed by atoms with Gasteiger partial charge in [0.15, 0.2) is 0 Å². The zero-order valence-electron chi connectivity index (χ0n) is 14.4. The predicted octanol–water partition coefficient (Wildman–Crippen LogP) is 4.97. The summed E-state index contributed by atoms with van der Waals surface area (Å²) in [6.07, 6.45) is -6.97. The highest BCUT2D eigenvalue weighted by molar-refractivity contribution is 6.30. The molecule has 0 radical (unpaired) electrons. The summed E-state index contributed by atoms with van der Waals surface area (Å²) in [5.41, 5.74) is -3.28. The molecule has 2 aromatic rings. The van der Waals surface area contributed by atoms with Crippen LogP contribution in [0.25, 0.3) is 0 Å². The van der Waals surface area contributed by atoms with Gasteiger partial charge in [-0.25, -0.2) is 13.5 Å². The van der Waals surface area contributed by atoms with Gasteiger partial charge in [-0.2, -0.15) is 22.7 Å². The summed E-state index contributed by atoms with van der Waals surface area (Å²) in [5, 5.41) is 3.33. The van der Waals surface area contributed by atoms with Crippen LogP contribution < -0.4 is 0 Å². The monoisotopic (exact) mass is 425 g/mol. The van der Waals surface area contributed by atoms with Crippen LogP contribution in [0, 0.1) is 5.95 Å². The minimum atomic E-state index is -4.70. The lowest BCUT2D eigenvalue weighted by atomic mass is 10.1. The van der Waals surface area contributed by atoms with Crippen LogP contribution in [0.15, 0.2) is 18.2 Å².